The zero-order valence-electron chi connectivity index (χ0n) is 7.58. The molecule has 0 aliphatic carbocycles. The summed E-state index contributed by atoms with van der Waals surface area (Å²) in [4.78, 5) is 11.3. The van der Waals surface area contributed by atoms with Crippen LogP contribution in [0.1, 0.15) is 10.6 Å². The highest BCUT2D eigenvalue weighted by Gasteiger charge is 2.19. The van der Waals surface area contributed by atoms with Crippen LogP contribution < -0.4 is 0 Å². The second-order valence-corrected chi connectivity index (χ2v) is 3.63. The quantitative estimate of drug-likeness (QED) is 0.726. The first-order valence-electron chi connectivity index (χ1n) is 3.96. The molecule has 6 heteroatoms. The van der Waals surface area contributed by atoms with Crippen LogP contribution in [0, 0.1) is 0 Å². The lowest BCUT2D eigenvalue weighted by atomic mass is 10.2. The van der Waals surface area contributed by atoms with E-state index in [0.717, 1.165) is 0 Å². The van der Waals surface area contributed by atoms with Gasteiger partial charge in [0.15, 0.2) is 0 Å². The van der Waals surface area contributed by atoms with Gasteiger partial charge < -0.3 is 9.26 Å². The van der Waals surface area contributed by atoms with Crippen molar-refractivity contribution in [1.82, 2.24) is 5.16 Å². The first-order chi connectivity index (χ1) is 7.13. The number of benzene rings is 1. The SMILES string of the molecule is COC(=O)c1onc2c(Cl)cc(Cl)cc12. The first kappa shape index (κ1) is 10.3. The van der Waals surface area contributed by atoms with E-state index in [9.17, 15) is 4.79 Å². The molecule has 0 N–H and O–H groups in total. The predicted molar refractivity (Wildman–Crippen MR) is 55.4 cm³/mol. The number of hydrogen-bond acceptors (Lipinski definition) is 4. The summed E-state index contributed by atoms with van der Waals surface area (Å²) in [5, 5.41) is 4.84. The maximum atomic E-state index is 11.3. The minimum atomic E-state index is -0.615. The Hall–Kier alpha value is -1.26. The number of halogens is 2. The number of carbonyl (C=O) groups is 1. The Morgan fingerprint density at radius 1 is 1.47 bits per heavy atom. The van der Waals surface area contributed by atoms with Crippen molar-refractivity contribution in [2.45, 2.75) is 0 Å². The van der Waals surface area contributed by atoms with Gasteiger partial charge >= 0.3 is 5.97 Å². The number of methoxy groups -OCH3 is 1. The highest BCUT2D eigenvalue weighted by molar-refractivity contribution is 6.38. The van der Waals surface area contributed by atoms with Crippen molar-refractivity contribution in [3.63, 3.8) is 0 Å². The lowest BCUT2D eigenvalue weighted by Crippen LogP contribution is -1.99. The molecule has 0 amide bonds. The summed E-state index contributed by atoms with van der Waals surface area (Å²) >= 11 is 11.7. The molecule has 0 saturated carbocycles. The van der Waals surface area contributed by atoms with E-state index < -0.39 is 5.97 Å². The summed E-state index contributed by atoms with van der Waals surface area (Å²) in [5.41, 5.74) is 0.390. The van der Waals surface area contributed by atoms with Gasteiger partial charge in [-0.15, -0.1) is 0 Å². The van der Waals surface area contributed by atoms with E-state index in [0.29, 0.717) is 20.9 Å². The van der Waals surface area contributed by atoms with E-state index in [-0.39, 0.29) is 5.76 Å². The standard InChI is InChI=1S/C9H5Cl2NO3/c1-14-9(13)8-5-2-4(10)3-6(11)7(5)12-15-8/h2-3H,1H3. The zero-order chi connectivity index (χ0) is 11.0. The van der Waals surface area contributed by atoms with Gasteiger partial charge in [0.05, 0.1) is 17.5 Å². The van der Waals surface area contributed by atoms with Crippen molar-refractivity contribution in [3.8, 4) is 0 Å². The molecule has 0 unspecified atom stereocenters. The highest BCUT2D eigenvalue weighted by Crippen LogP contribution is 2.29. The van der Waals surface area contributed by atoms with Crippen LogP contribution in [0.4, 0.5) is 0 Å². The molecule has 0 fully saturated rings. The molecule has 0 spiro atoms. The van der Waals surface area contributed by atoms with E-state index in [2.05, 4.69) is 9.89 Å². The fraction of sp³-hybridized carbons (Fsp3) is 0.111. The summed E-state index contributed by atoms with van der Waals surface area (Å²) < 4.78 is 9.36. The van der Waals surface area contributed by atoms with Crippen LogP contribution in [0.2, 0.25) is 10.0 Å². The lowest BCUT2D eigenvalue weighted by Gasteiger charge is -1.95. The molecule has 1 heterocycles. The Bertz CT molecular complexity index is 535. The van der Waals surface area contributed by atoms with Crippen LogP contribution in [-0.2, 0) is 4.74 Å². The van der Waals surface area contributed by atoms with E-state index >= 15 is 0 Å². The van der Waals surface area contributed by atoms with Gasteiger partial charge in [0, 0.05) is 5.02 Å². The average molecular weight is 246 g/mol. The second kappa shape index (κ2) is 3.72. The Balaban J connectivity index is 2.74. The Morgan fingerprint density at radius 2 is 2.20 bits per heavy atom. The van der Waals surface area contributed by atoms with Crippen molar-refractivity contribution < 1.29 is 14.1 Å². The Labute approximate surface area is 94.7 Å². The van der Waals surface area contributed by atoms with Gasteiger partial charge in [0.1, 0.15) is 5.52 Å². The van der Waals surface area contributed by atoms with E-state index in [1.165, 1.54) is 13.2 Å². The molecule has 15 heavy (non-hydrogen) atoms. The average Bonchev–Trinajstić information content (AvgIpc) is 2.60. The molecular weight excluding hydrogens is 241 g/mol. The number of esters is 1. The van der Waals surface area contributed by atoms with E-state index in [1.54, 1.807) is 6.07 Å². The number of nitrogens with zero attached hydrogens (tertiary/aromatic N) is 1. The Morgan fingerprint density at radius 3 is 2.87 bits per heavy atom. The minimum absolute atomic E-state index is 0.00287. The first-order valence-corrected chi connectivity index (χ1v) is 4.72. The summed E-state index contributed by atoms with van der Waals surface area (Å²) in [6.45, 7) is 0. The zero-order valence-corrected chi connectivity index (χ0v) is 9.09. The van der Waals surface area contributed by atoms with Crippen LogP contribution in [0.25, 0.3) is 10.9 Å². The van der Waals surface area contributed by atoms with Gasteiger partial charge in [-0.25, -0.2) is 4.79 Å². The topological polar surface area (TPSA) is 52.3 Å². The second-order valence-electron chi connectivity index (χ2n) is 2.79. The van der Waals surface area contributed by atoms with Crippen LogP contribution in [0.5, 0.6) is 0 Å². The minimum Gasteiger partial charge on any atom is -0.463 e. The number of carbonyl (C=O) groups excluding carboxylic acids is 1. The van der Waals surface area contributed by atoms with Crippen molar-refractivity contribution in [2.24, 2.45) is 0 Å². The molecule has 0 atom stereocenters. The number of rotatable bonds is 1. The van der Waals surface area contributed by atoms with Crippen LogP contribution in [0.3, 0.4) is 0 Å². The molecule has 4 nitrogen and oxygen atoms in total. The van der Waals surface area contributed by atoms with Crippen molar-refractivity contribution in [1.29, 1.82) is 0 Å². The number of fused-ring (bicyclic) bond motifs is 1. The van der Waals surface area contributed by atoms with Crippen molar-refractivity contribution in [3.05, 3.63) is 27.9 Å². The van der Waals surface area contributed by atoms with Gasteiger partial charge in [-0.2, -0.15) is 0 Å². The third-order valence-electron chi connectivity index (χ3n) is 1.87. The van der Waals surface area contributed by atoms with Gasteiger partial charge in [0.25, 0.3) is 5.76 Å². The molecule has 78 valence electrons. The maximum absolute atomic E-state index is 11.3. The highest BCUT2D eigenvalue weighted by atomic mass is 35.5. The van der Waals surface area contributed by atoms with Gasteiger partial charge in [-0.05, 0) is 12.1 Å². The van der Waals surface area contributed by atoms with Crippen LogP contribution in [0.15, 0.2) is 16.7 Å². The van der Waals surface area contributed by atoms with Crippen LogP contribution >= 0.6 is 23.2 Å². The van der Waals surface area contributed by atoms with Crippen molar-refractivity contribution >= 4 is 40.1 Å². The molecular formula is C9H5Cl2NO3. The third-order valence-corrected chi connectivity index (χ3v) is 2.38. The van der Waals surface area contributed by atoms with Gasteiger partial charge in [0.2, 0.25) is 0 Å². The predicted octanol–water partition coefficient (Wildman–Crippen LogP) is 2.92. The van der Waals surface area contributed by atoms with Crippen molar-refractivity contribution in [2.75, 3.05) is 7.11 Å². The number of hydrogen-bond donors (Lipinski definition) is 0. The molecule has 1 aromatic heterocycles. The number of ether oxygens (including phenoxy) is 1. The fourth-order valence-corrected chi connectivity index (χ4v) is 1.74. The Kier molecular flexibility index (Phi) is 2.54. The summed E-state index contributed by atoms with van der Waals surface area (Å²) in [5.74, 6) is -0.618. The molecule has 2 rings (SSSR count). The molecule has 0 radical (unpaired) electrons. The fourth-order valence-electron chi connectivity index (χ4n) is 1.21. The molecule has 0 bridgehead atoms. The summed E-state index contributed by atoms with van der Waals surface area (Å²) in [7, 11) is 1.25. The summed E-state index contributed by atoms with van der Waals surface area (Å²) in [6, 6.07) is 3.07. The third kappa shape index (κ3) is 1.66. The summed E-state index contributed by atoms with van der Waals surface area (Å²) in [6.07, 6.45) is 0. The van der Waals surface area contributed by atoms with E-state index in [4.69, 9.17) is 27.7 Å². The molecule has 0 aliphatic heterocycles. The van der Waals surface area contributed by atoms with Gasteiger partial charge in [-0.1, -0.05) is 28.4 Å². The number of aromatic nitrogens is 1. The normalized spacial score (nSPS) is 10.6. The monoisotopic (exact) mass is 245 g/mol. The largest absolute Gasteiger partial charge is 0.463 e. The lowest BCUT2D eigenvalue weighted by molar-refractivity contribution is 0.0558. The smallest absolute Gasteiger partial charge is 0.377 e. The molecule has 0 aliphatic rings. The molecule has 0 saturated heterocycles. The van der Waals surface area contributed by atoms with Gasteiger partial charge in [-0.3, -0.25) is 0 Å². The molecule has 2 aromatic rings. The van der Waals surface area contributed by atoms with E-state index in [1.807, 2.05) is 0 Å². The maximum Gasteiger partial charge on any atom is 0.377 e. The molecule has 1 aromatic carbocycles. The van der Waals surface area contributed by atoms with Crippen LogP contribution in [-0.4, -0.2) is 18.2 Å².